The van der Waals surface area contributed by atoms with Gasteiger partial charge in [0.05, 0.1) is 17.9 Å². The highest BCUT2D eigenvalue weighted by Crippen LogP contribution is 2.19. The maximum atomic E-state index is 12.7. The normalized spacial score (nSPS) is 14.1. The van der Waals surface area contributed by atoms with Gasteiger partial charge in [0, 0.05) is 17.8 Å². The molecule has 1 heterocycles. The highest BCUT2D eigenvalue weighted by Gasteiger charge is 2.19. The average molecular weight is 395 g/mol. The van der Waals surface area contributed by atoms with Gasteiger partial charge < -0.3 is 15.4 Å². The number of pyridine rings is 1. The van der Waals surface area contributed by atoms with Gasteiger partial charge in [0.25, 0.3) is 11.8 Å². The largest absolute Gasteiger partial charge is 0.462 e. The molecule has 0 spiro atoms. The summed E-state index contributed by atoms with van der Waals surface area (Å²) in [6.07, 6.45) is 6.84. The molecular formula is C22H25N3O4. The maximum absolute atomic E-state index is 12.7. The van der Waals surface area contributed by atoms with Crippen molar-refractivity contribution in [1.82, 2.24) is 10.3 Å². The molecule has 152 valence electrons. The number of carbonyl (C=O) groups excluding carboxylic acids is 3. The van der Waals surface area contributed by atoms with Crippen molar-refractivity contribution in [1.29, 1.82) is 0 Å². The number of amides is 2. The van der Waals surface area contributed by atoms with E-state index in [4.69, 9.17) is 4.74 Å². The molecule has 0 atom stereocenters. The van der Waals surface area contributed by atoms with Gasteiger partial charge >= 0.3 is 5.97 Å². The van der Waals surface area contributed by atoms with Crippen molar-refractivity contribution in [3.8, 4) is 0 Å². The van der Waals surface area contributed by atoms with Crippen LogP contribution >= 0.6 is 0 Å². The fourth-order valence-corrected chi connectivity index (χ4v) is 3.38. The zero-order valence-corrected chi connectivity index (χ0v) is 16.4. The first kappa shape index (κ1) is 20.5. The molecule has 7 heteroatoms. The molecule has 29 heavy (non-hydrogen) atoms. The molecule has 0 aliphatic heterocycles. The van der Waals surface area contributed by atoms with E-state index < -0.39 is 11.9 Å². The molecule has 7 nitrogen and oxygen atoms in total. The number of rotatable bonds is 6. The highest BCUT2D eigenvalue weighted by atomic mass is 16.5. The molecule has 1 saturated carbocycles. The van der Waals surface area contributed by atoms with Crippen molar-refractivity contribution in [3.05, 3.63) is 59.4 Å². The number of para-hydroxylation sites is 1. The van der Waals surface area contributed by atoms with Gasteiger partial charge in [0.2, 0.25) is 0 Å². The predicted molar refractivity (Wildman–Crippen MR) is 109 cm³/mol. The van der Waals surface area contributed by atoms with E-state index in [2.05, 4.69) is 15.6 Å². The maximum Gasteiger partial charge on any atom is 0.340 e. The molecule has 2 amide bonds. The number of ether oxygens (including phenoxy) is 1. The number of carbonyl (C=O) groups is 3. The third kappa shape index (κ3) is 5.40. The highest BCUT2D eigenvalue weighted by molar-refractivity contribution is 6.08. The molecule has 0 bridgehead atoms. The van der Waals surface area contributed by atoms with Gasteiger partial charge in [-0.05, 0) is 44.0 Å². The number of nitrogens with zero attached hydrogens (tertiary/aromatic N) is 1. The first-order valence-electron chi connectivity index (χ1n) is 9.93. The van der Waals surface area contributed by atoms with Crippen LogP contribution in [0.1, 0.15) is 70.2 Å². The summed E-state index contributed by atoms with van der Waals surface area (Å²) in [6, 6.07) is 9.81. The molecule has 0 radical (unpaired) electrons. The Balaban J connectivity index is 1.71. The lowest BCUT2D eigenvalue weighted by molar-refractivity contribution is 0.0527. The number of nitrogens with one attached hydrogen (secondary N) is 2. The van der Waals surface area contributed by atoms with E-state index in [9.17, 15) is 14.4 Å². The number of anilines is 1. The van der Waals surface area contributed by atoms with Gasteiger partial charge in [-0.2, -0.15) is 0 Å². The monoisotopic (exact) mass is 395 g/mol. The van der Waals surface area contributed by atoms with Crippen LogP contribution in [0.25, 0.3) is 0 Å². The molecular weight excluding hydrogens is 370 g/mol. The lowest BCUT2D eigenvalue weighted by Crippen LogP contribution is -2.36. The summed E-state index contributed by atoms with van der Waals surface area (Å²) in [7, 11) is 0. The van der Waals surface area contributed by atoms with Crippen molar-refractivity contribution in [3.63, 3.8) is 0 Å². The van der Waals surface area contributed by atoms with E-state index >= 15 is 0 Å². The molecule has 1 aromatic carbocycles. The minimum atomic E-state index is -0.517. The Morgan fingerprint density at radius 1 is 1.07 bits per heavy atom. The number of aromatic nitrogens is 1. The van der Waals surface area contributed by atoms with Gasteiger partial charge in [0.15, 0.2) is 0 Å². The summed E-state index contributed by atoms with van der Waals surface area (Å²) in [5, 5.41) is 5.71. The summed E-state index contributed by atoms with van der Waals surface area (Å²) in [5.41, 5.74) is 1.07. The Morgan fingerprint density at radius 2 is 1.83 bits per heavy atom. The van der Waals surface area contributed by atoms with Crippen LogP contribution in [0.15, 0.2) is 42.6 Å². The second-order valence-corrected chi connectivity index (χ2v) is 6.96. The topological polar surface area (TPSA) is 97.4 Å². The van der Waals surface area contributed by atoms with Crippen LogP contribution in [0.5, 0.6) is 0 Å². The Hall–Kier alpha value is -3.22. The third-order valence-electron chi connectivity index (χ3n) is 4.87. The minimum Gasteiger partial charge on any atom is -0.462 e. The van der Waals surface area contributed by atoms with Gasteiger partial charge in [-0.25, -0.2) is 4.79 Å². The third-order valence-corrected chi connectivity index (χ3v) is 4.87. The van der Waals surface area contributed by atoms with E-state index in [-0.39, 0.29) is 29.8 Å². The Bertz CT molecular complexity index is 891. The summed E-state index contributed by atoms with van der Waals surface area (Å²) >= 11 is 0. The lowest BCUT2D eigenvalue weighted by Gasteiger charge is -2.22. The van der Waals surface area contributed by atoms with Crippen LogP contribution in [-0.2, 0) is 4.74 Å². The predicted octanol–water partition coefficient (Wildman–Crippen LogP) is 3.57. The summed E-state index contributed by atoms with van der Waals surface area (Å²) in [4.78, 5) is 41.3. The van der Waals surface area contributed by atoms with Crippen molar-refractivity contribution in [2.75, 3.05) is 11.9 Å². The fourth-order valence-electron chi connectivity index (χ4n) is 3.38. The quantitative estimate of drug-likeness (QED) is 0.729. The summed E-state index contributed by atoms with van der Waals surface area (Å²) < 4.78 is 5.02. The first-order valence-corrected chi connectivity index (χ1v) is 9.93. The second-order valence-electron chi connectivity index (χ2n) is 6.96. The zero-order chi connectivity index (χ0) is 20.6. The van der Waals surface area contributed by atoms with Crippen LogP contribution in [0.2, 0.25) is 0 Å². The number of benzene rings is 1. The van der Waals surface area contributed by atoms with Gasteiger partial charge in [-0.15, -0.1) is 0 Å². The smallest absolute Gasteiger partial charge is 0.340 e. The van der Waals surface area contributed by atoms with E-state index in [1.165, 1.54) is 18.7 Å². The van der Waals surface area contributed by atoms with Gasteiger partial charge in [-0.1, -0.05) is 31.4 Å². The van der Waals surface area contributed by atoms with Crippen molar-refractivity contribution >= 4 is 23.5 Å². The molecule has 2 N–H and O–H groups in total. The van der Waals surface area contributed by atoms with Crippen molar-refractivity contribution < 1.29 is 19.1 Å². The summed E-state index contributed by atoms with van der Waals surface area (Å²) in [6.45, 7) is 1.95. The Labute approximate surface area is 169 Å². The molecule has 3 rings (SSSR count). The number of hydrogen-bond acceptors (Lipinski definition) is 5. The Kier molecular flexibility index (Phi) is 6.94. The molecule has 0 saturated heterocycles. The second kappa shape index (κ2) is 9.82. The first-order chi connectivity index (χ1) is 14.1. The van der Waals surface area contributed by atoms with Gasteiger partial charge in [0.1, 0.15) is 5.69 Å². The number of esters is 1. The van der Waals surface area contributed by atoms with Crippen LogP contribution in [-0.4, -0.2) is 35.4 Å². The van der Waals surface area contributed by atoms with Crippen LogP contribution in [0.3, 0.4) is 0 Å². The average Bonchev–Trinajstić information content (AvgIpc) is 2.75. The van der Waals surface area contributed by atoms with Crippen LogP contribution in [0.4, 0.5) is 5.69 Å². The Morgan fingerprint density at radius 3 is 2.59 bits per heavy atom. The molecule has 1 fully saturated rings. The van der Waals surface area contributed by atoms with E-state index in [0.29, 0.717) is 11.3 Å². The minimum absolute atomic E-state index is 0.0972. The SMILES string of the molecule is CCOC(=O)c1ccccc1NC(=O)c1cc(C(=O)NC2CCCCC2)ccn1. The standard InChI is InChI=1S/C22H25N3O4/c1-2-29-22(28)17-10-6-7-11-18(17)25-21(27)19-14-15(12-13-23-19)20(26)24-16-8-4-3-5-9-16/h6-7,10-14,16H,2-5,8-9H2,1H3,(H,24,26)(H,25,27). The van der Waals surface area contributed by atoms with E-state index in [1.807, 2.05) is 0 Å². The van der Waals surface area contributed by atoms with E-state index in [1.54, 1.807) is 37.3 Å². The molecule has 1 aliphatic carbocycles. The van der Waals surface area contributed by atoms with Crippen molar-refractivity contribution in [2.24, 2.45) is 0 Å². The fraction of sp³-hybridized carbons (Fsp3) is 0.364. The van der Waals surface area contributed by atoms with Gasteiger partial charge in [-0.3, -0.25) is 14.6 Å². The zero-order valence-electron chi connectivity index (χ0n) is 16.4. The summed E-state index contributed by atoms with van der Waals surface area (Å²) in [5.74, 6) is -1.23. The lowest BCUT2D eigenvalue weighted by atomic mass is 9.95. The van der Waals surface area contributed by atoms with Crippen LogP contribution in [0, 0.1) is 0 Å². The molecule has 1 aliphatic rings. The van der Waals surface area contributed by atoms with E-state index in [0.717, 1.165) is 25.7 Å². The van der Waals surface area contributed by atoms with Crippen molar-refractivity contribution in [2.45, 2.75) is 45.1 Å². The molecule has 2 aromatic rings. The molecule has 0 unspecified atom stereocenters. The molecule has 1 aromatic heterocycles. The number of hydrogen-bond donors (Lipinski definition) is 2. The van der Waals surface area contributed by atoms with Crippen LogP contribution < -0.4 is 10.6 Å².